The number of phenolic OH excluding ortho intramolecular Hbond substituents is 1. The molecule has 0 radical (unpaired) electrons. The second-order valence-corrected chi connectivity index (χ2v) is 6.32. The number of ether oxygens (including phenoxy) is 1. The average molecular weight is 335 g/mol. The van der Waals surface area contributed by atoms with Crippen molar-refractivity contribution >= 4 is 22.4 Å². The van der Waals surface area contributed by atoms with E-state index in [1.807, 2.05) is 30.3 Å². The third kappa shape index (κ3) is 5.04. The summed E-state index contributed by atoms with van der Waals surface area (Å²) in [5.41, 5.74) is 0.944. The van der Waals surface area contributed by atoms with Crippen LogP contribution in [0.3, 0.4) is 0 Å². The maximum Gasteiger partial charge on any atom is 0.127 e. The van der Waals surface area contributed by atoms with Crippen LogP contribution in [0.15, 0.2) is 30.3 Å². The zero-order valence-electron chi connectivity index (χ0n) is 14.0. The predicted octanol–water partition coefficient (Wildman–Crippen LogP) is 6.07. The summed E-state index contributed by atoms with van der Waals surface area (Å²) in [6.07, 6.45) is 7.92. The molecule has 3 heteroatoms. The van der Waals surface area contributed by atoms with Crippen molar-refractivity contribution in [3.63, 3.8) is 0 Å². The Kier molecular flexibility index (Phi) is 7.54. The van der Waals surface area contributed by atoms with Gasteiger partial charge in [0, 0.05) is 16.7 Å². The highest BCUT2D eigenvalue weighted by molar-refractivity contribution is 6.17. The number of aromatic hydroxyl groups is 1. The molecular formula is C20H27ClO2. The van der Waals surface area contributed by atoms with E-state index in [0.29, 0.717) is 5.75 Å². The molecule has 1 N–H and O–H groups in total. The van der Waals surface area contributed by atoms with Gasteiger partial charge in [0.1, 0.15) is 11.5 Å². The Labute approximate surface area is 144 Å². The Hall–Kier alpha value is -1.41. The molecule has 126 valence electrons. The Morgan fingerprint density at radius 3 is 2.30 bits per heavy atom. The molecule has 0 heterocycles. The van der Waals surface area contributed by atoms with Gasteiger partial charge in [-0.15, -0.1) is 11.6 Å². The number of hydrogen-bond acceptors (Lipinski definition) is 2. The molecule has 0 aliphatic heterocycles. The summed E-state index contributed by atoms with van der Waals surface area (Å²) in [4.78, 5) is 0. The summed E-state index contributed by atoms with van der Waals surface area (Å²) < 4.78 is 6.01. The minimum atomic E-state index is 0.384. The van der Waals surface area contributed by atoms with Crippen LogP contribution >= 0.6 is 11.6 Å². The first-order chi connectivity index (χ1) is 11.3. The van der Waals surface area contributed by atoms with E-state index in [9.17, 15) is 5.11 Å². The Balaban J connectivity index is 1.91. The van der Waals surface area contributed by atoms with Crippen LogP contribution in [0.5, 0.6) is 11.5 Å². The summed E-state index contributed by atoms with van der Waals surface area (Å²) in [6, 6.07) is 9.88. The summed E-state index contributed by atoms with van der Waals surface area (Å²) in [7, 11) is 0. The second-order valence-electron chi connectivity index (χ2n) is 5.94. The summed E-state index contributed by atoms with van der Waals surface area (Å²) in [5.74, 6) is 2.05. The van der Waals surface area contributed by atoms with Crippen LogP contribution in [0, 0.1) is 0 Å². The van der Waals surface area contributed by atoms with Crippen LogP contribution in [-0.4, -0.2) is 17.6 Å². The van der Waals surface area contributed by atoms with Gasteiger partial charge in [-0.05, 0) is 30.9 Å². The van der Waals surface area contributed by atoms with Gasteiger partial charge >= 0.3 is 0 Å². The lowest BCUT2D eigenvalue weighted by molar-refractivity contribution is 0.307. The zero-order valence-corrected chi connectivity index (χ0v) is 14.7. The normalized spacial score (nSPS) is 11.0. The predicted molar refractivity (Wildman–Crippen MR) is 98.9 cm³/mol. The lowest BCUT2D eigenvalue weighted by atomic mass is 10.0. The Morgan fingerprint density at radius 2 is 1.61 bits per heavy atom. The first kappa shape index (κ1) is 17.9. The summed E-state index contributed by atoms with van der Waals surface area (Å²) in [6.45, 7) is 2.78. The quantitative estimate of drug-likeness (QED) is 0.422. The van der Waals surface area contributed by atoms with Crippen LogP contribution in [-0.2, 0) is 6.42 Å². The van der Waals surface area contributed by atoms with E-state index in [4.69, 9.17) is 16.3 Å². The fraction of sp³-hybridized carbons (Fsp3) is 0.500. The maximum atomic E-state index is 10.3. The van der Waals surface area contributed by atoms with E-state index in [1.165, 1.54) is 25.7 Å². The molecule has 2 rings (SSSR count). The van der Waals surface area contributed by atoms with Crippen molar-refractivity contribution in [2.45, 2.75) is 51.9 Å². The van der Waals surface area contributed by atoms with Gasteiger partial charge in [-0.25, -0.2) is 0 Å². The summed E-state index contributed by atoms with van der Waals surface area (Å²) in [5, 5.41) is 12.2. The third-order valence-corrected chi connectivity index (χ3v) is 4.49. The van der Waals surface area contributed by atoms with Gasteiger partial charge in [-0.1, -0.05) is 56.9 Å². The molecule has 0 aliphatic carbocycles. The van der Waals surface area contributed by atoms with Gasteiger partial charge in [0.15, 0.2) is 0 Å². The molecule has 0 aliphatic rings. The molecule has 2 nitrogen and oxygen atoms in total. The van der Waals surface area contributed by atoms with E-state index in [1.54, 1.807) is 0 Å². The maximum absolute atomic E-state index is 10.3. The number of rotatable bonds is 10. The number of unbranched alkanes of at least 4 members (excludes halogenated alkanes) is 5. The first-order valence-corrected chi connectivity index (χ1v) is 9.23. The molecule has 0 unspecified atom stereocenters. The van der Waals surface area contributed by atoms with Gasteiger partial charge in [-0.2, -0.15) is 0 Å². The minimum absolute atomic E-state index is 0.384. The van der Waals surface area contributed by atoms with Crippen LogP contribution < -0.4 is 4.74 Å². The number of phenols is 1. The van der Waals surface area contributed by atoms with E-state index in [0.717, 1.165) is 53.8 Å². The highest BCUT2D eigenvalue weighted by Gasteiger charge is 2.10. The minimum Gasteiger partial charge on any atom is -0.507 e. The molecule has 0 spiro atoms. The molecule has 0 amide bonds. The molecule has 0 aromatic heterocycles. The number of hydrogen-bond donors (Lipinski definition) is 1. The molecule has 0 fully saturated rings. The smallest absolute Gasteiger partial charge is 0.127 e. The number of fused-ring (bicyclic) bond motifs is 1. The fourth-order valence-corrected chi connectivity index (χ4v) is 3.05. The van der Waals surface area contributed by atoms with Crippen molar-refractivity contribution in [1.29, 1.82) is 0 Å². The van der Waals surface area contributed by atoms with Crippen molar-refractivity contribution in [2.24, 2.45) is 0 Å². The van der Waals surface area contributed by atoms with Gasteiger partial charge < -0.3 is 9.84 Å². The van der Waals surface area contributed by atoms with E-state index in [2.05, 4.69) is 6.92 Å². The van der Waals surface area contributed by atoms with Crippen LogP contribution in [0.25, 0.3) is 10.8 Å². The Morgan fingerprint density at radius 1 is 0.957 bits per heavy atom. The van der Waals surface area contributed by atoms with Crippen molar-refractivity contribution < 1.29 is 9.84 Å². The van der Waals surface area contributed by atoms with Crippen molar-refractivity contribution in [3.05, 3.63) is 35.9 Å². The topological polar surface area (TPSA) is 29.5 Å². The van der Waals surface area contributed by atoms with Crippen molar-refractivity contribution in [3.8, 4) is 11.5 Å². The number of alkyl halides is 1. The largest absolute Gasteiger partial charge is 0.507 e. The van der Waals surface area contributed by atoms with E-state index in [-0.39, 0.29) is 0 Å². The number of benzene rings is 2. The zero-order chi connectivity index (χ0) is 16.5. The molecule has 0 saturated heterocycles. The fourth-order valence-electron chi connectivity index (χ4n) is 2.86. The monoisotopic (exact) mass is 334 g/mol. The lowest BCUT2D eigenvalue weighted by Crippen LogP contribution is -1.99. The highest BCUT2D eigenvalue weighted by Crippen LogP contribution is 2.36. The molecule has 0 saturated carbocycles. The van der Waals surface area contributed by atoms with Gasteiger partial charge in [0.05, 0.1) is 6.61 Å². The van der Waals surface area contributed by atoms with Crippen molar-refractivity contribution in [2.75, 3.05) is 12.5 Å². The van der Waals surface area contributed by atoms with Crippen LogP contribution in [0.4, 0.5) is 0 Å². The average Bonchev–Trinajstić information content (AvgIpc) is 2.59. The van der Waals surface area contributed by atoms with Gasteiger partial charge in [-0.3, -0.25) is 0 Å². The number of aryl methyl sites for hydroxylation is 1. The van der Waals surface area contributed by atoms with Gasteiger partial charge in [0.25, 0.3) is 0 Å². The molecule has 0 bridgehead atoms. The van der Waals surface area contributed by atoms with Crippen LogP contribution in [0.2, 0.25) is 0 Å². The van der Waals surface area contributed by atoms with Crippen molar-refractivity contribution in [1.82, 2.24) is 0 Å². The van der Waals surface area contributed by atoms with E-state index < -0.39 is 0 Å². The third-order valence-electron chi connectivity index (χ3n) is 4.22. The SMILES string of the molecule is CCc1cc(OCCCCCCCCCl)c2ccccc2c1O. The van der Waals surface area contributed by atoms with Gasteiger partial charge in [0.2, 0.25) is 0 Å². The Bertz CT molecular complexity index is 610. The molecule has 2 aromatic rings. The molecule has 23 heavy (non-hydrogen) atoms. The number of halogens is 1. The highest BCUT2D eigenvalue weighted by atomic mass is 35.5. The molecular weight excluding hydrogens is 308 g/mol. The standard InChI is InChI=1S/C20H27ClO2/c1-2-16-15-19(17-11-7-8-12-18(17)20(16)22)23-14-10-6-4-3-5-9-13-21/h7-8,11-12,15,22H,2-6,9-10,13-14H2,1H3. The second kappa shape index (κ2) is 9.67. The van der Waals surface area contributed by atoms with E-state index >= 15 is 0 Å². The lowest BCUT2D eigenvalue weighted by Gasteiger charge is -2.13. The van der Waals surface area contributed by atoms with Crippen LogP contribution in [0.1, 0.15) is 51.0 Å². The molecule has 2 aromatic carbocycles. The summed E-state index contributed by atoms with van der Waals surface area (Å²) >= 11 is 5.68. The first-order valence-electron chi connectivity index (χ1n) is 8.70. The molecule has 0 atom stereocenters.